The van der Waals surface area contributed by atoms with Gasteiger partial charge in [-0.15, -0.1) is 0 Å². The molecule has 0 amide bonds. The van der Waals surface area contributed by atoms with Crippen LogP contribution in [0.2, 0.25) is 0 Å². The van der Waals surface area contributed by atoms with Crippen LogP contribution in [0.4, 0.5) is 5.95 Å². The molecule has 0 atom stereocenters. The number of rotatable bonds is 2. The Balaban J connectivity index is 3.12. The number of ether oxygens (including phenoxy) is 1. The van der Waals surface area contributed by atoms with Crippen molar-refractivity contribution in [3.8, 4) is 11.9 Å². The molecule has 0 bridgehead atoms. The van der Waals surface area contributed by atoms with Gasteiger partial charge in [-0.25, -0.2) is 10.8 Å². The lowest BCUT2D eigenvalue weighted by molar-refractivity contribution is 0.397. The van der Waals surface area contributed by atoms with Crippen LogP contribution in [-0.2, 0) is 0 Å². The molecule has 1 aromatic heterocycles. The standard InChI is InChI=1S/C6H7N5O/c1-12-5-2-4(3-7)9-6(10-5)11-8/h2H,8H2,1H3,(H,9,10,11). The minimum absolute atomic E-state index is 0.158. The van der Waals surface area contributed by atoms with Crippen molar-refractivity contribution < 1.29 is 4.74 Å². The molecule has 0 aliphatic carbocycles. The number of nitrogens with two attached hydrogens (primary N) is 1. The Morgan fingerprint density at radius 3 is 2.92 bits per heavy atom. The van der Waals surface area contributed by atoms with Crippen molar-refractivity contribution in [3.63, 3.8) is 0 Å². The van der Waals surface area contributed by atoms with Crippen molar-refractivity contribution >= 4 is 5.95 Å². The van der Waals surface area contributed by atoms with E-state index >= 15 is 0 Å². The third-order valence-corrected chi connectivity index (χ3v) is 1.16. The van der Waals surface area contributed by atoms with E-state index in [0.717, 1.165) is 0 Å². The SMILES string of the molecule is COc1cc(C#N)nc(NN)n1. The number of nitriles is 1. The summed E-state index contributed by atoms with van der Waals surface area (Å²) in [4.78, 5) is 7.53. The van der Waals surface area contributed by atoms with Gasteiger partial charge in [-0.1, -0.05) is 0 Å². The molecule has 0 saturated heterocycles. The van der Waals surface area contributed by atoms with Crippen molar-refractivity contribution in [3.05, 3.63) is 11.8 Å². The van der Waals surface area contributed by atoms with E-state index in [1.165, 1.54) is 13.2 Å². The summed E-state index contributed by atoms with van der Waals surface area (Å²) < 4.78 is 4.80. The summed E-state index contributed by atoms with van der Waals surface area (Å²) in [6.07, 6.45) is 0. The fourth-order valence-corrected chi connectivity index (χ4v) is 0.651. The normalized spacial score (nSPS) is 8.75. The molecule has 1 heterocycles. The minimum Gasteiger partial charge on any atom is -0.481 e. The molecule has 0 aliphatic heterocycles. The molecule has 62 valence electrons. The first-order valence-electron chi connectivity index (χ1n) is 3.10. The first-order valence-corrected chi connectivity index (χ1v) is 3.10. The van der Waals surface area contributed by atoms with Gasteiger partial charge in [0.05, 0.1) is 7.11 Å². The summed E-state index contributed by atoms with van der Waals surface area (Å²) >= 11 is 0. The largest absolute Gasteiger partial charge is 0.481 e. The van der Waals surface area contributed by atoms with Gasteiger partial charge in [0.2, 0.25) is 11.8 Å². The summed E-state index contributed by atoms with van der Waals surface area (Å²) in [7, 11) is 1.45. The van der Waals surface area contributed by atoms with E-state index in [1.807, 2.05) is 6.07 Å². The van der Waals surface area contributed by atoms with Gasteiger partial charge in [-0.2, -0.15) is 10.2 Å². The molecule has 6 heteroatoms. The number of nitrogens with zero attached hydrogens (tertiary/aromatic N) is 3. The summed E-state index contributed by atoms with van der Waals surface area (Å²) in [6, 6.07) is 3.27. The van der Waals surface area contributed by atoms with E-state index in [-0.39, 0.29) is 11.6 Å². The van der Waals surface area contributed by atoms with Crippen molar-refractivity contribution in [1.82, 2.24) is 9.97 Å². The quantitative estimate of drug-likeness (QED) is 0.459. The third-order valence-electron chi connectivity index (χ3n) is 1.16. The van der Waals surface area contributed by atoms with E-state index in [2.05, 4.69) is 15.4 Å². The van der Waals surface area contributed by atoms with Crippen molar-refractivity contribution in [1.29, 1.82) is 5.26 Å². The van der Waals surface area contributed by atoms with E-state index in [9.17, 15) is 0 Å². The average Bonchev–Trinajstić information content (AvgIpc) is 2.16. The molecule has 6 nitrogen and oxygen atoms in total. The van der Waals surface area contributed by atoms with Crippen LogP contribution in [0.25, 0.3) is 0 Å². The van der Waals surface area contributed by atoms with Crippen LogP contribution in [-0.4, -0.2) is 17.1 Å². The zero-order valence-corrected chi connectivity index (χ0v) is 6.40. The van der Waals surface area contributed by atoms with E-state index in [4.69, 9.17) is 15.8 Å². The molecule has 3 N–H and O–H groups in total. The van der Waals surface area contributed by atoms with Gasteiger partial charge < -0.3 is 4.74 Å². The van der Waals surface area contributed by atoms with Gasteiger partial charge >= 0.3 is 0 Å². The summed E-state index contributed by atoms with van der Waals surface area (Å²) in [5, 5.41) is 8.51. The Morgan fingerprint density at radius 1 is 1.67 bits per heavy atom. The highest BCUT2D eigenvalue weighted by atomic mass is 16.5. The van der Waals surface area contributed by atoms with Gasteiger partial charge in [0.15, 0.2) is 0 Å². The molecule has 0 aliphatic rings. The highest BCUT2D eigenvalue weighted by Crippen LogP contribution is 2.09. The van der Waals surface area contributed by atoms with Crippen LogP contribution in [0.15, 0.2) is 6.07 Å². The number of nitrogen functional groups attached to an aromatic ring is 1. The highest BCUT2D eigenvalue weighted by molar-refractivity contribution is 5.34. The predicted molar refractivity (Wildman–Crippen MR) is 41.1 cm³/mol. The topological polar surface area (TPSA) is 96.8 Å². The van der Waals surface area contributed by atoms with Gasteiger partial charge in [-0.3, -0.25) is 5.43 Å². The summed E-state index contributed by atoms with van der Waals surface area (Å²) in [5.41, 5.74) is 2.43. The second-order valence-electron chi connectivity index (χ2n) is 1.88. The Bertz CT molecular complexity index is 296. The lowest BCUT2D eigenvalue weighted by atomic mass is 10.4. The maximum atomic E-state index is 8.51. The Morgan fingerprint density at radius 2 is 2.42 bits per heavy atom. The molecule has 0 spiro atoms. The number of aromatic nitrogens is 2. The molecule has 0 aromatic carbocycles. The molecule has 1 rings (SSSR count). The number of nitrogens with one attached hydrogen (secondary N) is 1. The van der Waals surface area contributed by atoms with E-state index in [0.29, 0.717) is 5.88 Å². The second-order valence-corrected chi connectivity index (χ2v) is 1.88. The monoisotopic (exact) mass is 165 g/mol. The Kier molecular flexibility index (Phi) is 2.40. The van der Waals surface area contributed by atoms with Crippen molar-refractivity contribution in [2.24, 2.45) is 5.84 Å². The van der Waals surface area contributed by atoms with Crippen molar-refractivity contribution in [2.75, 3.05) is 12.5 Å². The molecule has 0 unspecified atom stereocenters. The van der Waals surface area contributed by atoms with Crippen molar-refractivity contribution in [2.45, 2.75) is 0 Å². The molecule has 12 heavy (non-hydrogen) atoms. The first kappa shape index (κ1) is 8.23. The lowest BCUT2D eigenvalue weighted by Gasteiger charge is -2.01. The molecule has 0 fully saturated rings. The number of hydrazine groups is 1. The van der Waals surface area contributed by atoms with Gasteiger partial charge in [0.1, 0.15) is 11.8 Å². The van der Waals surface area contributed by atoms with Gasteiger partial charge in [-0.05, 0) is 0 Å². The second kappa shape index (κ2) is 3.50. The Hall–Kier alpha value is -1.87. The maximum absolute atomic E-state index is 8.51. The smallest absolute Gasteiger partial charge is 0.241 e. The summed E-state index contributed by atoms with van der Waals surface area (Å²) in [5.74, 6) is 5.52. The van der Waals surface area contributed by atoms with Crippen LogP contribution in [0.5, 0.6) is 5.88 Å². The zero-order chi connectivity index (χ0) is 8.97. The maximum Gasteiger partial charge on any atom is 0.241 e. The first-order chi connectivity index (χ1) is 5.80. The molecule has 1 aromatic rings. The van der Waals surface area contributed by atoms with E-state index < -0.39 is 0 Å². The van der Waals surface area contributed by atoms with Crippen LogP contribution in [0.1, 0.15) is 5.69 Å². The minimum atomic E-state index is 0.158. The van der Waals surface area contributed by atoms with Gasteiger partial charge in [0, 0.05) is 6.07 Å². The van der Waals surface area contributed by atoms with Crippen LogP contribution < -0.4 is 16.0 Å². The molecule has 0 saturated carbocycles. The lowest BCUT2D eigenvalue weighted by Crippen LogP contribution is -2.11. The molecular weight excluding hydrogens is 158 g/mol. The fraction of sp³-hybridized carbons (Fsp3) is 0.167. The van der Waals surface area contributed by atoms with E-state index in [1.54, 1.807) is 0 Å². The molecular formula is C6H7N5O. The van der Waals surface area contributed by atoms with Crippen LogP contribution in [0.3, 0.4) is 0 Å². The number of hydrogen-bond donors (Lipinski definition) is 2. The number of hydrogen-bond acceptors (Lipinski definition) is 6. The number of anilines is 1. The average molecular weight is 165 g/mol. The third kappa shape index (κ3) is 1.59. The predicted octanol–water partition coefficient (Wildman–Crippen LogP) is -0.358. The molecule has 0 radical (unpaired) electrons. The summed E-state index contributed by atoms with van der Waals surface area (Å²) in [6.45, 7) is 0. The Labute approximate surface area is 69.0 Å². The van der Waals surface area contributed by atoms with Crippen LogP contribution in [0, 0.1) is 11.3 Å². The highest BCUT2D eigenvalue weighted by Gasteiger charge is 2.01. The zero-order valence-electron chi connectivity index (χ0n) is 6.40. The fourth-order valence-electron chi connectivity index (χ4n) is 0.651. The van der Waals surface area contributed by atoms with Gasteiger partial charge in [0.25, 0.3) is 0 Å². The van der Waals surface area contributed by atoms with Crippen LogP contribution >= 0.6 is 0 Å². The number of methoxy groups -OCH3 is 1.